The standard InChI is InChI=1S/C15H17NO2/c16-14(17)8-4-2-6-12-10-9-11-5-1-3-7-13(11)15(12)18/h1,3,5,7,9-10,18H,2,4,6,8H2,(H2,16,17). The second-order valence-corrected chi connectivity index (χ2v) is 4.47. The van der Waals surface area contributed by atoms with Gasteiger partial charge in [0.1, 0.15) is 5.75 Å². The van der Waals surface area contributed by atoms with Crippen molar-refractivity contribution in [3.05, 3.63) is 42.0 Å². The Labute approximate surface area is 106 Å². The highest BCUT2D eigenvalue weighted by molar-refractivity contribution is 5.89. The number of aromatic hydroxyl groups is 1. The van der Waals surface area contributed by atoms with E-state index < -0.39 is 0 Å². The van der Waals surface area contributed by atoms with Gasteiger partial charge >= 0.3 is 0 Å². The van der Waals surface area contributed by atoms with Gasteiger partial charge in [0, 0.05) is 11.8 Å². The van der Waals surface area contributed by atoms with Gasteiger partial charge in [-0.05, 0) is 30.2 Å². The number of carbonyl (C=O) groups is 1. The minimum atomic E-state index is -0.266. The lowest BCUT2D eigenvalue weighted by Gasteiger charge is -2.07. The van der Waals surface area contributed by atoms with Crippen molar-refractivity contribution in [3.8, 4) is 5.75 Å². The van der Waals surface area contributed by atoms with Crippen LogP contribution >= 0.6 is 0 Å². The molecule has 94 valence electrons. The van der Waals surface area contributed by atoms with Gasteiger partial charge in [0.25, 0.3) is 0 Å². The Morgan fingerprint density at radius 2 is 1.89 bits per heavy atom. The Morgan fingerprint density at radius 1 is 1.11 bits per heavy atom. The molecule has 0 aliphatic heterocycles. The molecule has 2 aromatic carbocycles. The van der Waals surface area contributed by atoms with Crippen LogP contribution in [0.4, 0.5) is 0 Å². The number of benzene rings is 2. The first-order valence-electron chi connectivity index (χ1n) is 6.16. The van der Waals surface area contributed by atoms with Crippen molar-refractivity contribution in [2.24, 2.45) is 5.73 Å². The van der Waals surface area contributed by atoms with E-state index in [4.69, 9.17) is 5.73 Å². The normalized spacial score (nSPS) is 10.7. The maximum atomic E-state index is 10.6. The number of carbonyl (C=O) groups excluding carboxylic acids is 1. The van der Waals surface area contributed by atoms with E-state index in [0.717, 1.165) is 35.6 Å². The van der Waals surface area contributed by atoms with Gasteiger partial charge in [0.15, 0.2) is 0 Å². The van der Waals surface area contributed by atoms with Crippen LogP contribution in [0, 0.1) is 0 Å². The number of hydrogen-bond acceptors (Lipinski definition) is 2. The number of phenols is 1. The molecule has 0 unspecified atom stereocenters. The molecule has 0 aliphatic rings. The number of primary amides is 1. The summed E-state index contributed by atoms with van der Waals surface area (Å²) in [5, 5.41) is 12.1. The van der Waals surface area contributed by atoms with Gasteiger partial charge < -0.3 is 10.8 Å². The van der Waals surface area contributed by atoms with E-state index in [1.54, 1.807) is 0 Å². The number of unbranched alkanes of at least 4 members (excludes halogenated alkanes) is 1. The third kappa shape index (κ3) is 2.80. The van der Waals surface area contributed by atoms with Crippen molar-refractivity contribution < 1.29 is 9.90 Å². The van der Waals surface area contributed by atoms with Gasteiger partial charge in [-0.1, -0.05) is 36.4 Å². The van der Waals surface area contributed by atoms with E-state index in [9.17, 15) is 9.90 Å². The van der Waals surface area contributed by atoms with Crippen LogP contribution in [0.15, 0.2) is 36.4 Å². The lowest BCUT2D eigenvalue weighted by molar-refractivity contribution is -0.118. The molecule has 3 nitrogen and oxygen atoms in total. The van der Waals surface area contributed by atoms with Crippen molar-refractivity contribution in [2.45, 2.75) is 25.7 Å². The van der Waals surface area contributed by atoms with Crippen molar-refractivity contribution in [1.82, 2.24) is 0 Å². The van der Waals surface area contributed by atoms with Crippen LogP contribution in [-0.4, -0.2) is 11.0 Å². The van der Waals surface area contributed by atoms with E-state index >= 15 is 0 Å². The molecule has 0 atom stereocenters. The molecule has 0 aliphatic carbocycles. The lowest BCUT2D eigenvalue weighted by atomic mass is 10.0. The summed E-state index contributed by atoms with van der Waals surface area (Å²) in [5.41, 5.74) is 6.02. The summed E-state index contributed by atoms with van der Waals surface area (Å²) < 4.78 is 0. The molecule has 2 rings (SSSR count). The van der Waals surface area contributed by atoms with Gasteiger partial charge in [0.05, 0.1) is 0 Å². The Hall–Kier alpha value is -2.03. The molecule has 1 amide bonds. The van der Waals surface area contributed by atoms with Crippen LogP contribution in [0.1, 0.15) is 24.8 Å². The fraction of sp³-hybridized carbons (Fsp3) is 0.267. The molecule has 0 fully saturated rings. The monoisotopic (exact) mass is 243 g/mol. The van der Waals surface area contributed by atoms with Crippen molar-refractivity contribution in [3.63, 3.8) is 0 Å². The summed E-state index contributed by atoms with van der Waals surface area (Å²) >= 11 is 0. The molecule has 0 radical (unpaired) electrons. The summed E-state index contributed by atoms with van der Waals surface area (Å²) in [6, 6.07) is 11.7. The van der Waals surface area contributed by atoms with Gasteiger partial charge in [-0.2, -0.15) is 0 Å². The largest absolute Gasteiger partial charge is 0.507 e. The minimum absolute atomic E-state index is 0.266. The fourth-order valence-corrected chi connectivity index (χ4v) is 2.12. The zero-order chi connectivity index (χ0) is 13.0. The Bertz CT molecular complexity index is 563. The molecule has 2 aromatic rings. The molecule has 0 saturated carbocycles. The Balaban J connectivity index is 2.09. The van der Waals surface area contributed by atoms with E-state index in [1.165, 1.54) is 0 Å². The van der Waals surface area contributed by atoms with E-state index in [1.807, 2.05) is 36.4 Å². The molecular formula is C15H17NO2. The molecule has 0 spiro atoms. The maximum absolute atomic E-state index is 10.6. The van der Waals surface area contributed by atoms with E-state index in [-0.39, 0.29) is 5.91 Å². The average Bonchev–Trinajstić information content (AvgIpc) is 2.37. The zero-order valence-corrected chi connectivity index (χ0v) is 10.2. The Kier molecular flexibility index (Phi) is 3.82. The first kappa shape index (κ1) is 12.4. The van der Waals surface area contributed by atoms with Crippen LogP contribution < -0.4 is 5.73 Å². The van der Waals surface area contributed by atoms with Crippen LogP contribution in [0.5, 0.6) is 5.75 Å². The predicted octanol–water partition coefficient (Wildman–Crippen LogP) is 2.74. The van der Waals surface area contributed by atoms with Crippen LogP contribution in [0.3, 0.4) is 0 Å². The highest BCUT2D eigenvalue weighted by Gasteiger charge is 2.05. The third-order valence-electron chi connectivity index (χ3n) is 3.10. The quantitative estimate of drug-likeness (QED) is 0.793. The topological polar surface area (TPSA) is 63.3 Å². The van der Waals surface area contributed by atoms with E-state index in [0.29, 0.717) is 12.2 Å². The van der Waals surface area contributed by atoms with Gasteiger partial charge in [-0.25, -0.2) is 0 Å². The number of aryl methyl sites for hydroxylation is 1. The number of rotatable bonds is 5. The number of hydrogen-bond donors (Lipinski definition) is 2. The fourth-order valence-electron chi connectivity index (χ4n) is 2.12. The van der Waals surface area contributed by atoms with E-state index in [2.05, 4.69) is 0 Å². The predicted molar refractivity (Wildman–Crippen MR) is 72.4 cm³/mol. The molecule has 0 aromatic heterocycles. The van der Waals surface area contributed by atoms with Crippen molar-refractivity contribution >= 4 is 16.7 Å². The average molecular weight is 243 g/mol. The summed E-state index contributed by atoms with van der Waals surface area (Å²) in [4.78, 5) is 10.6. The summed E-state index contributed by atoms with van der Waals surface area (Å²) in [6.07, 6.45) is 2.80. The van der Waals surface area contributed by atoms with Crippen LogP contribution in [0.2, 0.25) is 0 Å². The van der Waals surface area contributed by atoms with Crippen LogP contribution in [0.25, 0.3) is 10.8 Å². The third-order valence-corrected chi connectivity index (χ3v) is 3.10. The minimum Gasteiger partial charge on any atom is -0.507 e. The maximum Gasteiger partial charge on any atom is 0.217 e. The number of fused-ring (bicyclic) bond motifs is 1. The summed E-state index contributed by atoms with van der Waals surface area (Å²) in [5.74, 6) is 0.0879. The van der Waals surface area contributed by atoms with Crippen molar-refractivity contribution in [1.29, 1.82) is 0 Å². The van der Waals surface area contributed by atoms with Crippen molar-refractivity contribution in [2.75, 3.05) is 0 Å². The van der Waals surface area contributed by atoms with Crippen LogP contribution in [-0.2, 0) is 11.2 Å². The number of amides is 1. The summed E-state index contributed by atoms with van der Waals surface area (Å²) in [7, 11) is 0. The first-order chi connectivity index (χ1) is 8.68. The highest BCUT2D eigenvalue weighted by atomic mass is 16.3. The molecule has 0 saturated heterocycles. The first-order valence-corrected chi connectivity index (χ1v) is 6.16. The molecule has 0 heterocycles. The molecule has 3 heteroatoms. The second kappa shape index (κ2) is 5.54. The Morgan fingerprint density at radius 3 is 2.67 bits per heavy atom. The van der Waals surface area contributed by atoms with Gasteiger partial charge in [-0.3, -0.25) is 4.79 Å². The highest BCUT2D eigenvalue weighted by Crippen LogP contribution is 2.29. The SMILES string of the molecule is NC(=O)CCCCc1ccc2ccccc2c1O. The second-order valence-electron chi connectivity index (χ2n) is 4.47. The summed E-state index contributed by atoms with van der Waals surface area (Å²) in [6.45, 7) is 0. The smallest absolute Gasteiger partial charge is 0.217 e. The zero-order valence-electron chi connectivity index (χ0n) is 10.2. The lowest BCUT2D eigenvalue weighted by Crippen LogP contribution is -2.09. The van der Waals surface area contributed by atoms with Gasteiger partial charge in [0.2, 0.25) is 5.91 Å². The molecular weight excluding hydrogens is 226 g/mol. The molecule has 0 bridgehead atoms. The molecule has 18 heavy (non-hydrogen) atoms. The number of phenolic OH excluding ortho intramolecular Hbond substituents is 1. The number of nitrogens with two attached hydrogens (primary N) is 1. The van der Waals surface area contributed by atoms with Gasteiger partial charge in [-0.15, -0.1) is 0 Å². The molecule has 3 N–H and O–H groups in total.